The number of nitrogens with zero attached hydrogens (tertiary/aromatic N) is 3. The molecule has 0 atom stereocenters. The van der Waals surface area contributed by atoms with Gasteiger partial charge in [0.1, 0.15) is 17.1 Å². The molecule has 1 aliphatic rings. The molecule has 0 unspecified atom stereocenters. The lowest BCUT2D eigenvalue weighted by Gasteiger charge is -2.28. The first-order chi connectivity index (χ1) is 14.4. The van der Waals surface area contributed by atoms with Crippen molar-refractivity contribution in [2.75, 3.05) is 26.0 Å². The van der Waals surface area contributed by atoms with Crippen LogP contribution in [0.1, 0.15) is 27.3 Å². The fourth-order valence-corrected chi connectivity index (χ4v) is 5.08. The van der Waals surface area contributed by atoms with Crippen LogP contribution in [0.5, 0.6) is 5.75 Å². The number of methoxy groups -OCH3 is 1. The first-order valence-corrected chi connectivity index (χ1v) is 11.4. The minimum Gasteiger partial charge on any atom is -0.497 e. The second-order valence-corrected chi connectivity index (χ2v) is 9.35. The number of ether oxygens (including phenoxy) is 1. The fraction of sp³-hybridized carbons (Fsp3) is 0.333. The number of amides is 1. The molecule has 0 spiro atoms. The van der Waals surface area contributed by atoms with E-state index in [-0.39, 0.29) is 18.2 Å². The molecule has 0 saturated carbocycles. The van der Waals surface area contributed by atoms with Gasteiger partial charge in [-0.25, -0.2) is 13.4 Å². The van der Waals surface area contributed by atoms with Gasteiger partial charge in [-0.05, 0) is 48.7 Å². The molecule has 2 aromatic heterocycles. The van der Waals surface area contributed by atoms with Crippen molar-refractivity contribution in [3.8, 4) is 5.75 Å². The number of benzene rings is 1. The van der Waals surface area contributed by atoms with Crippen molar-refractivity contribution in [2.45, 2.75) is 19.9 Å². The summed E-state index contributed by atoms with van der Waals surface area (Å²) in [5, 5.41) is 2.73. The smallest absolute Gasteiger partial charge is 0.270 e. The largest absolute Gasteiger partial charge is 0.497 e. The van der Waals surface area contributed by atoms with Crippen molar-refractivity contribution in [1.29, 1.82) is 0 Å². The molecule has 1 aliphatic heterocycles. The van der Waals surface area contributed by atoms with E-state index in [0.717, 1.165) is 16.9 Å². The molecule has 4 rings (SSSR count). The summed E-state index contributed by atoms with van der Waals surface area (Å²) in [6.07, 6.45) is 2.40. The molecule has 0 aliphatic carbocycles. The molecular weight excluding hydrogens is 404 g/mol. The van der Waals surface area contributed by atoms with Gasteiger partial charge in [-0.3, -0.25) is 9.20 Å². The fourth-order valence-electron chi connectivity index (χ4n) is 3.76. The monoisotopic (exact) mass is 428 g/mol. The zero-order chi connectivity index (χ0) is 21.3. The molecule has 1 aromatic carbocycles. The summed E-state index contributed by atoms with van der Waals surface area (Å²) in [6.45, 7) is 2.55. The number of rotatable bonds is 6. The van der Waals surface area contributed by atoms with Gasteiger partial charge < -0.3 is 10.1 Å². The molecule has 8 nitrogen and oxygen atoms in total. The highest BCUT2D eigenvalue weighted by molar-refractivity contribution is 7.89. The number of aromatic nitrogens is 2. The predicted octanol–water partition coefficient (Wildman–Crippen LogP) is 1.77. The maximum Gasteiger partial charge on any atom is 0.270 e. The van der Waals surface area contributed by atoms with Crippen LogP contribution in [0.25, 0.3) is 5.65 Å². The third-order valence-corrected chi connectivity index (χ3v) is 7.17. The Morgan fingerprint density at radius 1 is 1.23 bits per heavy atom. The van der Waals surface area contributed by atoms with Crippen LogP contribution in [-0.4, -0.2) is 54.0 Å². The van der Waals surface area contributed by atoms with Crippen LogP contribution in [0.4, 0.5) is 0 Å². The summed E-state index contributed by atoms with van der Waals surface area (Å²) >= 11 is 0. The quantitative estimate of drug-likeness (QED) is 0.646. The molecule has 0 saturated heterocycles. The van der Waals surface area contributed by atoms with E-state index in [4.69, 9.17) is 4.74 Å². The number of fused-ring (bicyclic) bond motifs is 2. The molecular formula is C21H24N4O4S. The molecule has 1 amide bonds. The molecule has 30 heavy (non-hydrogen) atoms. The number of imidazole rings is 1. The number of carbonyl (C=O) groups excluding carboxylic acids is 1. The Kier molecular flexibility index (Phi) is 5.48. The molecule has 158 valence electrons. The van der Waals surface area contributed by atoms with Crippen LogP contribution in [0.3, 0.4) is 0 Å². The normalized spacial score (nSPS) is 14.5. The lowest BCUT2D eigenvalue weighted by atomic mass is 10.0. The Morgan fingerprint density at radius 3 is 2.87 bits per heavy atom. The third kappa shape index (κ3) is 3.90. The molecule has 0 fully saturated rings. The maximum absolute atomic E-state index is 12.8. The van der Waals surface area contributed by atoms with Crippen molar-refractivity contribution in [1.82, 2.24) is 19.0 Å². The van der Waals surface area contributed by atoms with Crippen molar-refractivity contribution in [3.05, 3.63) is 65.1 Å². The zero-order valence-corrected chi connectivity index (χ0v) is 17.8. The number of sulfonamides is 1. The van der Waals surface area contributed by atoms with Crippen LogP contribution >= 0.6 is 0 Å². The van der Waals surface area contributed by atoms with Gasteiger partial charge in [0.15, 0.2) is 0 Å². The minimum absolute atomic E-state index is 0.0344. The van der Waals surface area contributed by atoms with Crippen LogP contribution in [0, 0.1) is 6.92 Å². The van der Waals surface area contributed by atoms with Gasteiger partial charge in [-0.1, -0.05) is 12.1 Å². The van der Waals surface area contributed by atoms with Gasteiger partial charge in [0.25, 0.3) is 5.91 Å². The number of nitrogens with one attached hydrogen (secondary N) is 1. The highest BCUT2D eigenvalue weighted by Crippen LogP contribution is 2.25. The van der Waals surface area contributed by atoms with Crippen LogP contribution in [0.15, 0.2) is 42.6 Å². The van der Waals surface area contributed by atoms with E-state index in [2.05, 4.69) is 10.3 Å². The SMILES string of the molecule is COc1ccc2c(c1)CCN(S(=O)(=O)CCNC(=O)c1c(C)nc3ccccn13)C2. The Hall–Kier alpha value is -2.91. The Balaban J connectivity index is 1.39. The van der Waals surface area contributed by atoms with Gasteiger partial charge in [0, 0.05) is 25.8 Å². The molecule has 3 aromatic rings. The lowest BCUT2D eigenvalue weighted by Crippen LogP contribution is -2.40. The summed E-state index contributed by atoms with van der Waals surface area (Å²) < 4.78 is 34.0. The van der Waals surface area contributed by atoms with Gasteiger partial charge in [0.05, 0.1) is 18.6 Å². The lowest BCUT2D eigenvalue weighted by molar-refractivity contribution is 0.0949. The van der Waals surface area contributed by atoms with E-state index in [9.17, 15) is 13.2 Å². The average molecular weight is 429 g/mol. The van der Waals surface area contributed by atoms with Gasteiger partial charge >= 0.3 is 0 Å². The first kappa shape index (κ1) is 20.4. The Bertz CT molecular complexity index is 1200. The van der Waals surface area contributed by atoms with E-state index < -0.39 is 10.0 Å². The molecule has 9 heteroatoms. The second kappa shape index (κ2) is 8.08. The molecule has 0 radical (unpaired) electrons. The third-order valence-electron chi connectivity index (χ3n) is 5.35. The van der Waals surface area contributed by atoms with Crippen LogP contribution in [-0.2, 0) is 23.0 Å². The highest BCUT2D eigenvalue weighted by atomic mass is 32.2. The van der Waals surface area contributed by atoms with Crippen LogP contribution in [0.2, 0.25) is 0 Å². The average Bonchev–Trinajstić information content (AvgIpc) is 3.08. The standard InChI is InChI=1S/C21H24N4O4S/c1-15-20(25-10-4-3-5-19(25)23-15)21(26)22-9-12-30(27,28)24-11-8-16-13-18(29-2)7-6-17(16)14-24/h3-7,10,13H,8-9,11-12,14H2,1-2H3,(H,22,26). The number of aryl methyl sites for hydroxylation is 1. The summed E-state index contributed by atoms with van der Waals surface area (Å²) in [4.78, 5) is 17.0. The number of hydrogen-bond acceptors (Lipinski definition) is 5. The Labute approximate surface area is 175 Å². The zero-order valence-electron chi connectivity index (χ0n) is 17.0. The topological polar surface area (TPSA) is 93.0 Å². The van der Waals surface area contributed by atoms with E-state index in [1.807, 2.05) is 36.4 Å². The number of pyridine rings is 1. The summed E-state index contributed by atoms with van der Waals surface area (Å²) in [5.74, 6) is 0.285. The molecule has 1 N–H and O–H groups in total. The van der Waals surface area contributed by atoms with Gasteiger partial charge in [0.2, 0.25) is 10.0 Å². The molecule has 0 bridgehead atoms. The summed E-state index contributed by atoms with van der Waals surface area (Å²) in [7, 11) is -1.88. The van der Waals surface area contributed by atoms with E-state index in [1.165, 1.54) is 4.31 Å². The van der Waals surface area contributed by atoms with Gasteiger partial charge in [-0.15, -0.1) is 0 Å². The van der Waals surface area contributed by atoms with Crippen molar-refractivity contribution in [3.63, 3.8) is 0 Å². The molecule has 3 heterocycles. The maximum atomic E-state index is 12.8. The highest BCUT2D eigenvalue weighted by Gasteiger charge is 2.27. The van der Waals surface area contributed by atoms with E-state index in [0.29, 0.717) is 36.5 Å². The van der Waals surface area contributed by atoms with E-state index in [1.54, 1.807) is 24.6 Å². The number of carbonyl (C=O) groups is 1. The summed E-state index contributed by atoms with van der Waals surface area (Å²) in [5.41, 5.74) is 3.79. The van der Waals surface area contributed by atoms with Crippen molar-refractivity contribution >= 4 is 21.6 Å². The first-order valence-electron chi connectivity index (χ1n) is 9.74. The van der Waals surface area contributed by atoms with Crippen molar-refractivity contribution in [2.24, 2.45) is 0 Å². The number of hydrogen-bond donors (Lipinski definition) is 1. The predicted molar refractivity (Wildman–Crippen MR) is 113 cm³/mol. The Morgan fingerprint density at radius 2 is 2.07 bits per heavy atom. The van der Waals surface area contributed by atoms with Gasteiger partial charge in [-0.2, -0.15) is 4.31 Å². The second-order valence-electron chi connectivity index (χ2n) is 7.26. The summed E-state index contributed by atoms with van der Waals surface area (Å²) in [6, 6.07) is 11.2. The van der Waals surface area contributed by atoms with E-state index >= 15 is 0 Å². The van der Waals surface area contributed by atoms with Crippen molar-refractivity contribution < 1.29 is 17.9 Å². The van der Waals surface area contributed by atoms with Crippen LogP contribution < -0.4 is 10.1 Å². The minimum atomic E-state index is -3.49.